The Morgan fingerprint density at radius 2 is 1.53 bits per heavy atom. The molecule has 0 heterocycles. The fraction of sp³-hybridized carbons (Fsp3) is 0.788. The molecule has 0 radical (unpaired) electrons. The molecule has 0 amide bonds. The van der Waals surface area contributed by atoms with Gasteiger partial charge >= 0.3 is 6.16 Å². The molecular weight excluding hydrogens is 444 g/mol. The Hall–Kier alpha value is -1.51. The Morgan fingerprint density at radius 3 is 2.17 bits per heavy atom. The number of rotatable bonds is 9. The predicted molar refractivity (Wildman–Crippen MR) is 149 cm³/mol. The molecule has 3 nitrogen and oxygen atoms in total. The van der Waals surface area contributed by atoms with Gasteiger partial charge in [0.25, 0.3) is 0 Å². The molecule has 3 saturated carbocycles. The monoisotopic (exact) mass is 496 g/mol. The van der Waals surface area contributed by atoms with E-state index in [0.717, 1.165) is 36.3 Å². The van der Waals surface area contributed by atoms with E-state index in [-0.39, 0.29) is 6.10 Å². The van der Waals surface area contributed by atoms with Gasteiger partial charge in [-0.15, -0.1) is 0 Å². The lowest BCUT2D eigenvalue weighted by molar-refractivity contribution is 0.0236. The Labute approximate surface area is 221 Å². The van der Waals surface area contributed by atoms with Gasteiger partial charge in [0.15, 0.2) is 0 Å². The van der Waals surface area contributed by atoms with Crippen LogP contribution in [0, 0.1) is 17.8 Å². The molecule has 1 aromatic carbocycles. The summed E-state index contributed by atoms with van der Waals surface area (Å²) in [6.07, 6.45) is 21.0. The van der Waals surface area contributed by atoms with Crippen molar-refractivity contribution in [3.05, 3.63) is 29.3 Å². The first-order valence-electron chi connectivity index (χ1n) is 15.6. The lowest BCUT2D eigenvalue weighted by atomic mass is 9.70. The van der Waals surface area contributed by atoms with E-state index in [1.807, 2.05) is 6.07 Å². The number of carbonyl (C=O) groups is 1. The van der Waals surface area contributed by atoms with Crippen molar-refractivity contribution in [2.45, 2.75) is 148 Å². The van der Waals surface area contributed by atoms with Crippen LogP contribution in [0.3, 0.4) is 0 Å². The number of carbonyl (C=O) groups excluding carboxylic acids is 1. The first-order chi connectivity index (χ1) is 17.6. The molecular formula is C33H52O3. The second kappa shape index (κ2) is 13.9. The molecule has 1 atom stereocenters. The maximum atomic E-state index is 12.9. The topological polar surface area (TPSA) is 35.5 Å². The number of hydrogen-bond donors (Lipinski definition) is 0. The van der Waals surface area contributed by atoms with Crippen molar-refractivity contribution in [2.75, 3.05) is 0 Å². The van der Waals surface area contributed by atoms with E-state index < -0.39 is 6.16 Å². The first-order valence-corrected chi connectivity index (χ1v) is 15.6. The van der Waals surface area contributed by atoms with Crippen LogP contribution in [0.2, 0.25) is 0 Å². The Bertz CT molecular complexity index is 795. The quantitative estimate of drug-likeness (QED) is 0.252. The summed E-state index contributed by atoms with van der Waals surface area (Å²) in [6, 6.07) is 6.54. The smallest absolute Gasteiger partial charge is 0.431 e. The summed E-state index contributed by atoms with van der Waals surface area (Å²) in [6.45, 7) is 6.88. The van der Waals surface area contributed by atoms with E-state index in [9.17, 15) is 4.79 Å². The average molecular weight is 497 g/mol. The van der Waals surface area contributed by atoms with Crippen molar-refractivity contribution in [3.8, 4) is 5.75 Å². The molecule has 0 bridgehead atoms. The highest BCUT2D eigenvalue weighted by Gasteiger charge is 2.32. The summed E-state index contributed by atoms with van der Waals surface area (Å²) < 4.78 is 11.8. The zero-order valence-corrected chi connectivity index (χ0v) is 23.4. The van der Waals surface area contributed by atoms with E-state index in [1.54, 1.807) is 0 Å². The first kappa shape index (κ1) is 27.5. The van der Waals surface area contributed by atoms with Crippen LogP contribution < -0.4 is 4.74 Å². The highest BCUT2D eigenvalue weighted by molar-refractivity contribution is 5.65. The maximum Gasteiger partial charge on any atom is 0.514 e. The largest absolute Gasteiger partial charge is 0.514 e. The Morgan fingerprint density at radius 1 is 0.861 bits per heavy atom. The van der Waals surface area contributed by atoms with E-state index >= 15 is 0 Å². The van der Waals surface area contributed by atoms with Crippen LogP contribution in [0.4, 0.5) is 4.79 Å². The van der Waals surface area contributed by atoms with E-state index in [0.29, 0.717) is 11.8 Å². The van der Waals surface area contributed by atoms with Crippen molar-refractivity contribution in [2.24, 2.45) is 17.8 Å². The standard InChI is InChI=1S/C33H52O3/c1-4-9-24(3)29-19-22-32(31(23-29)28-11-7-6-8-12-28)36-33(34)35-30-20-17-27(18-21-30)26-15-13-25(10-5-2)14-16-26/h19,22-28,30H,4-18,20-21H2,1-3H3/t24?,25-,26-,27-,30-. The summed E-state index contributed by atoms with van der Waals surface area (Å²) >= 11 is 0. The highest BCUT2D eigenvalue weighted by atomic mass is 16.7. The normalized spacial score (nSPS) is 28.4. The Balaban J connectivity index is 1.30. The summed E-state index contributed by atoms with van der Waals surface area (Å²) in [7, 11) is 0. The maximum absolute atomic E-state index is 12.9. The van der Waals surface area contributed by atoms with Crippen molar-refractivity contribution in [3.63, 3.8) is 0 Å². The minimum Gasteiger partial charge on any atom is -0.431 e. The van der Waals surface area contributed by atoms with Gasteiger partial charge in [0.05, 0.1) is 0 Å². The summed E-state index contributed by atoms with van der Waals surface area (Å²) in [5, 5.41) is 0. The minimum absolute atomic E-state index is 0.0205. The lowest BCUT2D eigenvalue weighted by Gasteiger charge is -2.37. The van der Waals surface area contributed by atoms with Crippen LogP contribution in [-0.2, 0) is 4.74 Å². The molecule has 3 heteroatoms. The fourth-order valence-electron chi connectivity index (χ4n) is 7.58. The molecule has 0 aliphatic heterocycles. The van der Waals surface area contributed by atoms with Crippen molar-refractivity contribution in [1.82, 2.24) is 0 Å². The molecule has 0 N–H and O–H groups in total. The van der Waals surface area contributed by atoms with E-state index in [2.05, 4.69) is 32.9 Å². The van der Waals surface area contributed by atoms with Gasteiger partial charge in [-0.05, 0) is 105 Å². The van der Waals surface area contributed by atoms with Gasteiger partial charge in [-0.2, -0.15) is 0 Å². The van der Waals surface area contributed by atoms with Crippen LogP contribution in [0.15, 0.2) is 18.2 Å². The van der Waals surface area contributed by atoms with Crippen LogP contribution in [0.25, 0.3) is 0 Å². The molecule has 1 unspecified atom stereocenters. The van der Waals surface area contributed by atoms with Crippen molar-refractivity contribution in [1.29, 1.82) is 0 Å². The average Bonchev–Trinajstić information content (AvgIpc) is 2.90. The summed E-state index contributed by atoms with van der Waals surface area (Å²) in [4.78, 5) is 12.9. The fourth-order valence-corrected chi connectivity index (χ4v) is 7.58. The zero-order valence-electron chi connectivity index (χ0n) is 23.4. The minimum atomic E-state index is -0.495. The van der Waals surface area contributed by atoms with Crippen LogP contribution in [0.5, 0.6) is 5.75 Å². The van der Waals surface area contributed by atoms with Gasteiger partial charge < -0.3 is 9.47 Å². The number of hydrogen-bond acceptors (Lipinski definition) is 3. The van der Waals surface area contributed by atoms with E-state index in [4.69, 9.17) is 9.47 Å². The third-order valence-electron chi connectivity index (χ3n) is 9.80. The molecule has 202 valence electrons. The second-order valence-corrected chi connectivity index (χ2v) is 12.4. The summed E-state index contributed by atoms with van der Waals surface area (Å²) in [5.41, 5.74) is 2.61. The van der Waals surface area contributed by atoms with Crippen molar-refractivity contribution < 1.29 is 14.3 Å². The SMILES string of the molecule is CCCC(C)c1ccc(OC(=O)O[C@H]2CC[C@H]([C@H]3CC[C@H](CCC)CC3)CC2)c(C2CCCCC2)c1. The summed E-state index contributed by atoms with van der Waals surface area (Å²) in [5.74, 6) is 4.48. The van der Waals surface area contributed by atoms with Crippen molar-refractivity contribution >= 4 is 6.16 Å². The van der Waals surface area contributed by atoms with Crippen LogP contribution in [0.1, 0.15) is 153 Å². The number of ether oxygens (including phenoxy) is 2. The molecule has 0 saturated heterocycles. The second-order valence-electron chi connectivity index (χ2n) is 12.4. The highest BCUT2D eigenvalue weighted by Crippen LogP contribution is 2.42. The van der Waals surface area contributed by atoms with Gasteiger partial charge in [-0.25, -0.2) is 4.79 Å². The lowest BCUT2D eigenvalue weighted by Crippen LogP contribution is -2.30. The molecule has 3 aliphatic rings. The van der Waals surface area contributed by atoms with Gasteiger partial charge in [0, 0.05) is 0 Å². The van der Waals surface area contributed by atoms with Crippen LogP contribution >= 0.6 is 0 Å². The Kier molecular flexibility index (Phi) is 10.6. The molecule has 36 heavy (non-hydrogen) atoms. The zero-order chi connectivity index (χ0) is 25.3. The van der Waals surface area contributed by atoms with E-state index in [1.165, 1.54) is 107 Å². The molecule has 1 aromatic rings. The molecule has 0 aromatic heterocycles. The van der Waals surface area contributed by atoms with Gasteiger partial charge in [-0.1, -0.05) is 84.3 Å². The van der Waals surface area contributed by atoms with Gasteiger partial charge in [0.2, 0.25) is 0 Å². The van der Waals surface area contributed by atoms with Gasteiger partial charge in [0.1, 0.15) is 11.9 Å². The predicted octanol–water partition coefficient (Wildman–Crippen LogP) is 10.3. The third kappa shape index (κ3) is 7.51. The third-order valence-corrected chi connectivity index (χ3v) is 9.80. The molecule has 3 fully saturated rings. The molecule has 4 rings (SSSR count). The van der Waals surface area contributed by atoms with Crippen LogP contribution in [-0.4, -0.2) is 12.3 Å². The van der Waals surface area contributed by atoms with Gasteiger partial charge in [-0.3, -0.25) is 0 Å². The molecule has 3 aliphatic carbocycles. The molecule has 0 spiro atoms. The number of benzene rings is 1.